The van der Waals surface area contributed by atoms with Crippen LogP contribution in [0.2, 0.25) is 0 Å². The highest BCUT2D eigenvalue weighted by Gasteiger charge is 2.15. The minimum absolute atomic E-state index is 0.560. The average molecular weight is 282 g/mol. The Balaban J connectivity index is 2.24. The smallest absolute Gasteiger partial charge is 0.237 e. The maximum atomic E-state index is 4.79. The number of rotatable bonds is 2. The standard InChI is InChI=1S/C18H20NS/c1-11(2)13-5-7-15-17(9-13)20-18-10-14(12(3)4)6-8-16(18)19-15/h5-12H,1-4H3/q+1. The molecule has 0 bridgehead atoms. The predicted molar refractivity (Wildman–Crippen MR) is 89.7 cm³/mol. The van der Waals surface area contributed by atoms with Gasteiger partial charge in [0.05, 0.1) is 0 Å². The summed E-state index contributed by atoms with van der Waals surface area (Å²) in [6.07, 6.45) is 0. The first-order valence-electron chi connectivity index (χ1n) is 7.22. The molecular formula is C18H20NS+. The minimum Gasteiger partial charge on any atom is -0.237 e. The second-order valence-corrected chi connectivity index (χ2v) is 7.06. The third-order valence-corrected chi connectivity index (χ3v) is 4.86. The molecule has 20 heavy (non-hydrogen) atoms. The Hall–Kier alpha value is -1.54. The molecule has 1 heterocycles. The average Bonchev–Trinajstić information content (AvgIpc) is 2.43. The second kappa shape index (κ2) is 5.10. The van der Waals surface area contributed by atoms with E-state index in [1.807, 2.05) is 11.3 Å². The molecule has 1 nitrogen and oxygen atoms in total. The van der Waals surface area contributed by atoms with Crippen LogP contribution in [0.15, 0.2) is 36.4 Å². The number of nitrogens with zero attached hydrogens (tertiary/aromatic N) is 1. The van der Waals surface area contributed by atoms with Gasteiger partial charge in [-0.05, 0) is 35.1 Å². The summed E-state index contributed by atoms with van der Waals surface area (Å²) in [5, 5.41) is 0. The Labute approximate surface area is 124 Å². The molecule has 0 atom stereocenters. The van der Waals surface area contributed by atoms with Crippen molar-refractivity contribution in [3.05, 3.63) is 47.5 Å². The van der Waals surface area contributed by atoms with Crippen molar-refractivity contribution in [3.8, 4) is 0 Å². The molecular weight excluding hydrogens is 262 g/mol. The van der Waals surface area contributed by atoms with Gasteiger partial charge in [0, 0.05) is 12.1 Å². The second-order valence-electron chi connectivity index (χ2n) is 5.98. The Morgan fingerprint density at radius 1 is 0.750 bits per heavy atom. The molecule has 2 heteroatoms. The van der Waals surface area contributed by atoms with E-state index >= 15 is 0 Å². The molecule has 0 unspecified atom stereocenters. The molecule has 0 N–H and O–H groups in total. The zero-order chi connectivity index (χ0) is 14.3. The number of benzene rings is 2. The quantitative estimate of drug-likeness (QED) is 0.416. The summed E-state index contributed by atoms with van der Waals surface area (Å²) < 4.78 is 2.56. The minimum atomic E-state index is 0.560. The molecule has 0 saturated heterocycles. The van der Waals surface area contributed by atoms with Gasteiger partial charge in [0.25, 0.3) is 9.40 Å². The maximum absolute atomic E-state index is 4.79. The summed E-state index contributed by atoms with van der Waals surface area (Å²) in [6, 6.07) is 13.3. The Kier molecular flexibility index (Phi) is 3.43. The van der Waals surface area contributed by atoms with Crippen molar-refractivity contribution in [1.82, 2.24) is 4.98 Å². The molecule has 3 aromatic rings. The highest BCUT2D eigenvalue weighted by atomic mass is 32.1. The van der Waals surface area contributed by atoms with Gasteiger partial charge in [-0.2, -0.15) is 0 Å². The van der Waals surface area contributed by atoms with E-state index in [-0.39, 0.29) is 0 Å². The number of hydrogen-bond donors (Lipinski definition) is 0. The molecule has 2 aromatic carbocycles. The molecule has 0 aliphatic heterocycles. The van der Waals surface area contributed by atoms with Crippen LogP contribution in [0.25, 0.3) is 20.4 Å². The summed E-state index contributed by atoms with van der Waals surface area (Å²) in [5.41, 5.74) is 4.97. The topological polar surface area (TPSA) is 12.9 Å². The zero-order valence-electron chi connectivity index (χ0n) is 12.5. The first-order chi connectivity index (χ1) is 9.54. The van der Waals surface area contributed by atoms with Crippen LogP contribution in [-0.2, 0) is 0 Å². The highest BCUT2D eigenvalue weighted by Crippen LogP contribution is 2.30. The van der Waals surface area contributed by atoms with Crippen molar-refractivity contribution in [3.63, 3.8) is 0 Å². The molecule has 0 radical (unpaired) electrons. The number of aromatic nitrogens is 1. The molecule has 0 aliphatic rings. The molecule has 0 amide bonds. The first-order valence-corrected chi connectivity index (χ1v) is 8.03. The monoisotopic (exact) mass is 282 g/mol. The predicted octanol–water partition coefficient (Wildman–Crippen LogP) is 5.98. The lowest BCUT2D eigenvalue weighted by Gasteiger charge is -2.04. The van der Waals surface area contributed by atoms with E-state index in [0.29, 0.717) is 11.8 Å². The fourth-order valence-corrected chi connectivity index (χ4v) is 3.44. The van der Waals surface area contributed by atoms with Crippen molar-refractivity contribution in [2.24, 2.45) is 0 Å². The Bertz CT molecular complexity index is 712. The summed E-state index contributed by atoms with van der Waals surface area (Å²) in [7, 11) is 0. The fraction of sp³-hybridized carbons (Fsp3) is 0.333. The molecule has 0 spiro atoms. The van der Waals surface area contributed by atoms with Crippen molar-refractivity contribution < 1.29 is 0 Å². The van der Waals surface area contributed by atoms with Crippen molar-refractivity contribution in [2.45, 2.75) is 39.5 Å². The van der Waals surface area contributed by atoms with Gasteiger partial charge in [-0.3, -0.25) is 0 Å². The van der Waals surface area contributed by atoms with Gasteiger partial charge in [-0.1, -0.05) is 39.8 Å². The number of hydrogen-bond acceptors (Lipinski definition) is 1. The maximum Gasteiger partial charge on any atom is 0.257 e. The molecule has 0 fully saturated rings. The third kappa shape index (κ3) is 2.40. The van der Waals surface area contributed by atoms with Gasteiger partial charge in [0.15, 0.2) is 0 Å². The van der Waals surface area contributed by atoms with Crippen molar-refractivity contribution in [1.29, 1.82) is 0 Å². The van der Waals surface area contributed by atoms with Crippen LogP contribution in [-0.4, -0.2) is 4.98 Å². The Morgan fingerprint density at radius 2 is 1.20 bits per heavy atom. The molecule has 3 rings (SSSR count). The van der Waals surface area contributed by atoms with Gasteiger partial charge < -0.3 is 0 Å². The van der Waals surface area contributed by atoms with Gasteiger partial charge in [0.2, 0.25) is 11.3 Å². The highest BCUT2D eigenvalue weighted by molar-refractivity contribution is 7.24. The normalized spacial score (nSPS) is 11.9. The molecule has 0 aliphatic carbocycles. The van der Waals surface area contributed by atoms with Crippen LogP contribution in [0.1, 0.15) is 50.7 Å². The van der Waals surface area contributed by atoms with Crippen LogP contribution in [0.4, 0.5) is 0 Å². The van der Waals surface area contributed by atoms with E-state index in [9.17, 15) is 0 Å². The van der Waals surface area contributed by atoms with Crippen LogP contribution in [0, 0.1) is 0 Å². The molecule has 102 valence electrons. The summed E-state index contributed by atoms with van der Waals surface area (Å²) in [5.74, 6) is 1.12. The largest absolute Gasteiger partial charge is 0.257 e. The van der Waals surface area contributed by atoms with Crippen molar-refractivity contribution >= 4 is 31.8 Å². The zero-order valence-corrected chi connectivity index (χ0v) is 13.3. The van der Waals surface area contributed by atoms with Gasteiger partial charge >= 0.3 is 0 Å². The summed E-state index contributed by atoms with van der Waals surface area (Å²) in [6.45, 7) is 8.93. The number of fused-ring (bicyclic) bond motifs is 2. The lowest BCUT2D eigenvalue weighted by molar-refractivity contribution is 0.868. The van der Waals surface area contributed by atoms with E-state index < -0.39 is 0 Å². The van der Waals surface area contributed by atoms with E-state index in [0.717, 1.165) is 11.0 Å². The van der Waals surface area contributed by atoms with Crippen LogP contribution in [0.5, 0.6) is 0 Å². The van der Waals surface area contributed by atoms with Gasteiger partial charge in [0.1, 0.15) is 11.0 Å². The fourth-order valence-electron chi connectivity index (χ4n) is 2.38. The van der Waals surface area contributed by atoms with Crippen LogP contribution < -0.4 is 0 Å². The summed E-state index contributed by atoms with van der Waals surface area (Å²) in [4.78, 5) is 4.79. The van der Waals surface area contributed by atoms with Crippen molar-refractivity contribution in [2.75, 3.05) is 0 Å². The SMILES string of the molecule is CC(C)c1ccc2nc3ccc(C(C)C)cc3[s+]c2c1. The molecule has 1 aromatic heterocycles. The van der Waals surface area contributed by atoms with Crippen LogP contribution in [0.3, 0.4) is 0 Å². The first kappa shape index (κ1) is 13.4. The summed E-state index contributed by atoms with van der Waals surface area (Å²) >= 11 is 1.85. The van der Waals surface area contributed by atoms with Crippen LogP contribution >= 0.6 is 11.3 Å². The van der Waals surface area contributed by atoms with E-state index in [1.54, 1.807) is 0 Å². The lowest BCUT2D eigenvalue weighted by atomic mass is 10.0. The molecule has 0 saturated carbocycles. The van der Waals surface area contributed by atoms with Gasteiger partial charge in [-0.25, -0.2) is 4.98 Å². The van der Waals surface area contributed by atoms with Gasteiger partial charge in [-0.15, -0.1) is 0 Å². The van der Waals surface area contributed by atoms with E-state index in [1.165, 1.54) is 20.5 Å². The Morgan fingerprint density at radius 3 is 1.60 bits per heavy atom. The van der Waals surface area contributed by atoms with E-state index in [2.05, 4.69) is 64.1 Å². The third-order valence-electron chi connectivity index (χ3n) is 3.76. The van der Waals surface area contributed by atoms with E-state index in [4.69, 9.17) is 4.98 Å². The lowest BCUT2D eigenvalue weighted by Crippen LogP contribution is -1.89.